The maximum absolute atomic E-state index is 5.17. The molecule has 0 saturated carbocycles. The van der Waals surface area contributed by atoms with Crippen molar-refractivity contribution in [2.24, 2.45) is 0 Å². The van der Waals surface area contributed by atoms with Crippen molar-refractivity contribution < 1.29 is 0 Å². The van der Waals surface area contributed by atoms with Gasteiger partial charge in [0.1, 0.15) is 0 Å². The zero-order chi connectivity index (χ0) is 33.3. The van der Waals surface area contributed by atoms with Gasteiger partial charge in [-0.25, -0.2) is 4.98 Å². The molecule has 0 saturated heterocycles. The lowest BCUT2D eigenvalue weighted by molar-refractivity contribution is 1.32. The average Bonchev–Trinajstić information content (AvgIpc) is 3.21. The van der Waals surface area contributed by atoms with Crippen LogP contribution in [0.2, 0.25) is 0 Å². The van der Waals surface area contributed by atoms with Crippen LogP contribution in [0.15, 0.2) is 194 Å². The second kappa shape index (κ2) is 12.8. The number of hydrogen-bond donors (Lipinski definition) is 0. The average molecular weight is 637 g/mol. The van der Waals surface area contributed by atoms with E-state index in [9.17, 15) is 0 Å². The summed E-state index contributed by atoms with van der Waals surface area (Å²) in [6, 6.07) is 64.7. The summed E-state index contributed by atoms with van der Waals surface area (Å²) in [7, 11) is 0. The lowest BCUT2D eigenvalue weighted by Crippen LogP contribution is -1.94. The molecule has 2 heteroatoms. The van der Waals surface area contributed by atoms with Gasteiger partial charge in [0.25, 0.3) is 0 Å². The Balaban J connectivity index is 1.23. The van der Waals surface area contributed by atoms with E-state index in [0.717, 1.165) is 33.6 Å². The van der Waals surface area contributed by atoms with Crippen LogP contribution in [0.4, 0.5) is 0 Å². The van der Waals surface area contributed by atoms with E-state index in [1.807, 2.05) is 24.5 Å². The van der Waals surface area contributed by atoms with Gasteiger partial charge in [0.15, 0.2) is 0 Å². The number of hydrogen-bond acceptors (Lipinski definition) is 2. The number of pyridine rings is 2. The molecule has 0 fully saturated rings. The van der Waals surface area contributed by atoms with E-state index in [1.165, 1.54) is 54.9 Å². The van der Waals surface area contributed by atoms with Crippen molar-refractivity contribution in [3.05, 3.63) is 194 Å². The molecule has 0 spiro atoms. The van der Waals surface area contributed by atoms with Crippen molar-refractivity contribution in [2.45, 2.75) is 0 Å². The zero-order valence-electron chi connectivity index (χ0n) is 27.4. The van der Waals surface area contributed by atoms with Crippen molar-refractivity contribution in [1.82, 2.24) is 9.97 Å². The lowest BCUT2D eigenvalue weighted by Gasteiger charge is -2.20. The number of nitrogens with zero attached hydrogens (tertiary/aromatic N) is 2. The second-order valence-corrected chi connectivity index (χ2v) is 12.6. The fraction of sp³-hybridized carbons (Fsp3) is 0. The number of fused-ring (bicyclic) bond motifs is 3. The van der Waals surface area contributed by atoms with E-state index in [4.69, 9.17) is 4.98 Å². The molecule has 0 N–H and O–H groups in total. The first kappa shape index (κ1) is 29.5. The molecule has 9 rings (SSSR count). The van der Waals surface area contributed by atoms with Crippen LogP contribution < -0.4 is 0 Å². The molecule has 0 aliphatic heterocycles. The Labute approximate surface area is 292 Å². The Morgan fingerprint density at radius 2 is 0.840 bits per heavy atom. The predicted molar refractivity (Wildman–Crippen MR) is 210 cm³/mol. The predicted octanol–water partition coefficient (Wildman–Crippen LogP) is 12.8. The van der Waals surface area contributed by atoms with Crippen molar-refractivity contribution in [2.75, 3.05) is 0 Å². The van der Waals surface area contributed by atoms with Gasteiger partial charge in [0.2, 0.25) is 0 Å². The first-order valence-corrected chi connectivity index (χ1v) is 17.0. The summed E-state index contributed by atoms with van der Waals surface area (Å²) < 4.78 is 0. The minimum absolute atomic E-state index is 0.951. The van der Waals surface area contributed by atoms with Gasteiger partial charge >= 0.3 is 0 Å². The SMILES string of the molecule is c1ccc(-c2cc(-c3ccccc3)nc(-c3ccc(-c4cccc5c(-c6ccccc6)c(-c6cccnc6)c6ccccc6c45)cc3)c2)cc1. The summed E-state index contributed by atoms with van der Waals surface area (Å²) in [5.41, 5.74) is 13.5. The molecule has 7 aromatic carbocycles. The van der Waals surface area contributed by atoms with Gasteiger partial charge in [-0.05, 0) is 78.7 Å². The van der Waals surface area contributed by atoms with Crippen LogP contribution in [-0.4, -0.2) is 9.97 Å². The number of benzene rings is 7. The number of aromatic nitrogens is 2. The van der Waals surface area contributed by atoms with Crippen LogP contribution in [0.3, 0.4) is 0 Å². The third-order valence-electron chi connectivity index (χ3n) is 9.56. The second-order valence-electron chi connectivity index (χ2n) is 12.6. The standard InChI is InChI=1S/C48H32N2/c1-4-14-33(15-5-1)39-30-44(35-16-6-2-7-17-35)50-45(31-39)36-27-25-34(26-28-36)40-23-12-24-43-46(37-18-8-3-9-19-37)47(38-20-13-29-49-32-38)41-21-10-11-22-42(41)48(40)43/h1-32H. The highest BCUT2D eigenvalue weighted by Gasteiger charge is 2.20. The topological polar surface area (TPSA) is 25.8 Å². The van der Waals surface area contributed by atoms with Crippen LogP contribution in [0.1, 0.15) is 0 Å². The molecule has 50 heavy (non-hydrogen) atoms. The molecular formula is C48H32N2. The molecule has 234 valence electrons. The first-order chi connectivity index (χ1) is 24.8. The van der Waals surface area contributed by atoms with Crippen molar-refractivity contribution in [3.63, 3.8) is 0 Å². The van der Waals surface area contributed by atoms with Gasteiger partial charge in [0.05, 0.1) is 11.4 Å². The van der Waals surface area contributed by atoms with E-state index >= 15 is 0 Å². The molecular weight excluding hydrogens is 605 g/mol. The van der Waals surface area contributed by atoms with Crippen LogP contribution in [0, 0.1) is 0 Å². The van der Waals surface area contributed by atoms with E-state index in [2.05, 4.69) is 175 Å². The van der Waals surface area contributed by atoms with Crippen molar-refractivity contribution >= 4 is 21.5 Å². The Hall–Kier alpha value is -6.64. The van der Waals surface area contributed by atoms with Crippen LogP contribution in [0.5, 0.6) is 0 Å². The van der Waals surface area contributed by atoms with E-state index in [0.29, 0.717) is 0 Å². The Kier molecular flexibility index (Phi) is 7.53. The summed E-state index contributed by atoms with van der Waals surface area (Å²) in [6.45, 7) is 0. The molecule has 2 aromatic heterocycles. The largest absolute Gasteiger partial charge is 0.264 e. The van der Waals surface area contributed by atoms with Gasteiger partial charge in [-0.15, -0.1) is 0 Å². The summed E-state index contributed by atoms with van der Waals surface area (Å²) in [4.78, 5) is 9.69. The van der Waals surface area contributed by atoms with Gasteiger partial charge in [-0.1, -0.05) is 164 Å². The molecule has 9 aromatic rings. The Morgan fingerprint density at radius 1 is 0.320 bits per heavy atom. The van der Waals surface area contributed by atoms with Gasteiger partial charge in [-0.2, -0.15) is 0 Å². The third kappa shape index (κ3) is 5.34. The maximum atomic E-state index is 5.17. The van der Waals surface area contributed by atoms with E-state index in [1.54, 1.807) is 0 Å². The minimum Gasteiger partial charge on any atom is -0.264 e. The normalized spacial score (nSPS) is 11.2. The summed E-state index contributed by atoms with van der Waals surface area (Å²) in [5.74, 6) is 0. The fourth-order valence-corrected chi connectivity index (χ4v) is 7.25. The molecule has 0 aliphatic rings. The van der Waals surface area contributed by atoms with Crippen LogP contribution >= 0.6 is 0 Å². The Morgan fingerprint density at radius 3 is 1.50 bits per heavy atom. The van der Waals surface area contributed by atoms with Crippen LogP contribution in [0.25, 0.3) is 88.6 Å². The minimum atomic E-state index is 0.951. The smallest absolute Gasteiger partial charge is 0.0715 e. The number of rotatable bonds is 6. The third-order valence-corrected chi connectivity index (χ3v) is 9.56. The fourth-order valence-electron chi connectivity index (χ4n) is 7.25. The van der Waals surface area contributed by atoms with Crippen molar-refractivity contribution in [1.29, 1.82) is 0 Å². The maximum Gasteiger partial charge on any atom is 0.0715 e. The quantitative estimate of drug-likeness (QED) is 0.170. The van der Waals surface area contributed by atoms with E-state index < -0.39 is 0 Å². The monoisotopic (exact) mass is 636 g/mol. The van der Waals surface area contributed by atoms with E-state index in [-0.39, 0.29) is 0 Å². The Bertz CT molecular complexity index is 2540. The molecule has 2 nitrogen and oxygen atoms in total. The highest BCUT2D eigenvalue weighted by atomic mass is 14.7. The first-order valence-electron chi connectivity index (χ1n) is 17.0. The lowest BCUT2D eigenvalue weighted by atomic mass is 9.83. The summed E-state index contributed by atoms with van der Waals surface area (Å²) in [5, 5.41) is 4.91. The molecule has 0 bridgehead atoms. The van der Waals surface area contributed by atoms with Gasteiger partial charge < -0.3 is 0 Å². The van der Waals surface area contributed by atoms with Gasteiger partial charge in [0, 0.05) is 29.1 Å². The molecule has 0 amide bonds. The molecule has 0 atom stereocenters. The van der Waals surface area contributed by atoms with Gasteiger partial charge in [-0.3, -0.25) is 4.98 Å². The highest BCUT2D eigenvalue weighted by Crippen LogP contribution is 2.47. The molecule has 2 heterocycles. The molecule has 0 radical (unpaired) electrons. The zero-order valence-corrected chi connectivity index (χ0v) is 27.4. The van der Waals surface area contributed by atoms with Crippen LogP contribution in [-0.2, 0) is 0 Å². The summed E-state index contributed by atoms with van der Waals surface area (Å²) >= 11 is 0. The summed E-state index contributed by atoms with van der Waals surface area (Å²) in [6.07, 6.45) is 3.82. The highest BCUT2D eigenvalue weighted by molar-refractivity contribution is 6.25. The molecule has 0 unspecified atom stereocenters. The molecule has 0 aliphatic carbocycles. The van der Waals surface area contributed by atoms with Crippen molar-refractivity contribution in [3.8, 4) is 67.0 Å².